The highest BCUT2D eigenvalue weighted by Crippen LogP contribution is 2.32. The number of nitrogens with zero attached hydrogens (tertiary/aromatic N) is 2. The summed E-state index contributed by atoms with van der Waals surface area (Å²) in [5.41, 5.74) is 0.988. The van der Waals surface area contributed by atoms with Crippen LogP contribution < -0.4 is 10.2 Å². The van der Waals surface area contributed by atoms with Crippen LogP contribution in [-0.2, 0) is 0 Å². The number of pyridine rings is 1. The van der Waals surface area contributed by atoms with E-state index in [9.17, 15) is 0 Å². The van der Waals surface area contributed by atoms with Crippen LogP contribution in [0.4, 0.5) is 5.82 Å². The van der Waals surface area contributed by atoms with Crippen molar-refractivity contribution in [3.05, 3.63) is 23.9 Å². The van der Waals surface area contributed by atoms with Crippen LogP contribution in [0, 0.1) is 11.2 Å². The number of halogens is 1. The first-order valence-electron chi connectivity index (χ1n) is 5.62. The highest BCUT2D eigenvalue weighted by atomic mass is 127. The van der Waals surface area contributed by atoms with Crippen molar-refractivity contribution in [1.29, 1.82) is 0 Å². The summed E-state index contributed by atoms with van der Waals surface area (Å²) in [6, 6.07) is 5.43. The lowest BCUT2D eigenvalue weighted by Gasteiger charge is -2.53. The van der Waals surface area contributed by atoms with Gasteiger partial charge in [-0.05, 0) is 32.7 Å². The predicted molar refractivity (Wildman–Crippen MR) is 80.3 cm³/mol. The van der Waals surface area contributed by atoms with Crippen LogP contribution in [0.3, 0.4) is 0 Å². The zero-order valence-electron chi connectivity index (χ0n) is 9.19. The molecule has 0 saturated carbocycles. The molecule has 2 bridgehead atoms. The van der Waals surface area contributed by atoms with E-state index in [-0.39, 0.29) is 0 Å². The van der Waals surface area contributed by atoms with Crippen LogP contribution in [0.1, 0.15) is 12.0 Å². The number of hydrogen-bond donors (Lipinski definition) is 1. The molecule has 3 heterocycles. The fourth-order valence-corrected chi connectivity index (χ4v) is 3.03. The first kappa shape index (κ1) is 11.6. The molecule has 1 N–H and O–H groups in total. The van der Waals surface area contributed by atoms with E-state index < -0.39 is 0 Å². The van der Waals surface area contributed by atoms with Crippen molar-refractivity contribution in [3.63, 3.8) is 0 Å². The fraction of sp³-hybridized carbons (Fsp3) is 0.417. The van der Waals surface area contributed by atoms with Crippen molar-refractivity contribution < 1.29 is 0 Å². The molecule has 0 amide bonds. The van der Waals surface area contributed by atoms with Gasteiger partial charge in [0.2, 0.25) is 0 Å². The minimum absolute atomic E-state index is 0.642. The van der Waals surface area contributed by atoms with Gasteiger partial charge in [-0.1, -0.05) is 5.92 Å². The summed E-state index contributed by atoms with van der Waals surface area (Å²) in [5.74, 6) is 4.16. The summed E-state index contributed by atoms with van der Waals surface area (Å²) in [7, 11) is 1.50. The fourth-order valence-electron chi connectivity index (χ4n) is 2.55. The van der Waals surface area contributed by atoms with E-state index in [1.165, 1.54) is 15.4 Å². The molecule has 2 atom stereocenters. The molecule has 2 aliphatic rings. The average Bonchev–Trinajstić information content (AvgIpc) is 2.39. The predicted octanol–water partition coefficient (Wildman–Crippen LogP) is 2.02. The number of hydrogen-bond acceptors (Lipinski definition) is 4. The second-order valence-corrected chi connectivity index (χ2v) is 6.00. The van der Waals surface area contributed by atoms with Crippen molar-refractivity contribution in [1.82, 2.24) is 10.3 Å². The Kier molecular flexibility index (Phi) is 3.45. The number of piperazine rings is 1. The van der Waals surface area contributed by atoms with Gasteiger partial charge in [-0.25, -0.2) is 4.98 Å². The topological polar surface area (TPSA) is 28.2 Å². The molecule has 5 heteroatoms. The lowest BCUT2D eigenvalue weighted by molar-refractivity contribution is 0.260. The number of anilines is 1. The van der Waals surface area contributed by atoms with Gasteiger partial charge in [0.1, 0.15) is 5.82 Å². The Morgan fingerprint density at radius 1 is 1.41 bits per heavy atom. The maximum Gasteiger partial charge on any atom is 0.129 e. The molecular weight excluding hydrogens is 345 g/mol. The van der Waals surface area contributed by atoms with Gasteiger partial charge < -0.3 is 10.2 Å². The van der Waals surface area contributed by atoms with Gasteiger partial charge in [0.25, 0.3) is 0 Å². The van der Waals surface area contributed by atoms with Gasteiger partial charge in [0.15, 0.2) is 0 Å². The van der Waals surface area contributed by atoms with E-state index in [2.05, 4.69) is 59.7 Å². The van der Waals surface area contributed by atoms with Crippen LogP contribution in [0.5, 0.6) is 0 Å². The largest absolute Gasteiger partial charge is 0.348 e. The molecule has 2 unspecified atom stereocenters. The highest BCUT2D eigenvalue weighted by Gasteiger charge is 2.41. The van der Waals surface area contributed by atoms with Gasteiger partial charge in [0, 0.05) is 58.1 Å². The van der Waals surface area contributed by atoms with Crippen LogP contribution in [0.2, 0.25) is 0 Å². The van der Waals surface area contributed by atoms with Gasteiger partial charge >= 0.3 is 0 Å². The molecule has 3 nitrogen and oxygen atoms in total. The summed E-state index contributed by atoms with van der Waals surface area (Å²) < 4.78 is 0. The molecular formula is C12H12IN3S. The maximum atomic E-state index is 4.52. The monoisotopic (exact) mass is 357 g/mol. The zero-order valence-corrected chi connectivity index (χ0v) is 12.2. The standard InChI is InChI=1S/C12H12IN3S/c13-17-4-3-9-1-2-12(15-6-9)16-10-5-11(16)8-14-7-10/h1-2,6,10-11,14H,5,7-8H2. The Bertz CT molecular complexity index is 451. The van der Waals surface area contributed by atoms with E-state index in [0.29, 0.717) is 12.1 Å². The summed E-state index contributed by atoms with van der Waals surface area (Å²) in [6.45, 7) is 2.18. The second-order valence-electron chi connectivity index (χ2n) is 4.32. The van der Waals surface area contributed by atoms with Gasteiger partial charge in [-0.3, -0.25) is 0 Å². The zero-order chi connectivity index (χ0) is 11.7. The Morgan fingerprint density at radius 3 is 2.82 bits per heavy atom. The van der Waals surface area contributed by atoms with Gasteiger partial charge in [-0.2, -0.15) is 0 Å². The summed E-state index contributed by atoms with van der Waals surface area (Å²) >= 11 is 2.17. The first-order chi connectivity index (χ1) is 8.38. The molecule has 0 spiro atoms. The molecule has 2 fully saturated rings. The van der Waals surface area contributed by atoms with Crippen molar-refractivity contribution in [2.75, 3.05) is 18.0 Å². The van der Waals surface area contributed by atoms with Gasteiger partial charge in [-0.15, -0.1) is 0 Å². The normalized spacial score (nSPS) is 25.8. The quantitative estimate of drug-likeness (QED) is 0.615. The second kappa shape index (κ2) is 5.04. The van der Waals surface area contributed by atoms with E-state index in [0.717, 1.165) is 24.5 Å². The molecule has 1 aromatic heterocycles. The number of piperidine rings is 1. The molecule has 2 saturated heterocycles. The van der Waals surface area contributed by atoms with E-state index in [1.807, 2.05) is 6.20 Å². The van der Waals surface area contributed by atoms with E-state index in [4.69, 9.17) is 0 Å². The Balaban J connectivity index is 1.76. The summed E-state index contributed by atoms with van der Waals surface area (Å²) in [4.78, 5) is 6.95. The van der Waals surface area contributed by atoms with E-state index in [1.54, 1.807) is 0 Å². The molecule has 17 heavy (non-hydrogen) atoms. The summed E-state index contributed by atoms with van der Waals surface area (Å²) in [6.07, 6.45) is 3.18. The van der Waals surface area contributed by atoms with Crippen LogP contribution in [0.25, 0.3) is 0 Å². The van der Waals surface area contributed by atoms with Crippen molar-refractivity contribution >= 4 is 36.0 Å². The minimum Gasteiger partial charge on any atom is -0.348 e. The molecule has 2 aliphatic heterocycles. The van der Waals surface area contributed by atoms with E-state index >= 15 is 0 Å². The van der Waals surface area contributed by atoms with Crippen LogP contribution >= 0.6 is 30.1 Å². The molecule has 1 aromatic rings. The third-order valence-corrected chi connectivity index (χ3v) is 4.18. The third kappa shape index (κ3) is 2.26. The average molecular weight is 357 g/mol. The SMILES string of the molecule is ISC#Cc1ccc(N2C3CNCC2C3)nc1. The minimum atomic E-state index is 0.642. The molecule has 0 aliphatic carbocycles. The first-order valence-corrected chi connectivity index (χ1v) is 8.98. The highest BCUT2D eigenvalue weighted by molar-refractivity contribution is 14.2. The Hall–Kier alpha value is -0.450. The Morgan fingerprint density at radius 2 is 2.24 bits per heavy atom. The lowest BCUT2D eigenvalue weighted by atomic mass is 9.89. The smallest absolute Gasteiger partial charge is 0.129 e. The Labute approximate surface area is 117 Å². The third-order valence-electron chi connectivity index (χ3n) is 3.34. The van der Waals surface area contributed by atoms with Gasteiger partial charge in [0.05, 0.1) is 0 Å². The number of aromatic nitrogens is 1. The maximum absolute atomic E-state index is 4.52. The van der Waals surface area contributed by atoms with Crippen LogP contribution in [-0.4, -0.2) is 30.2 Å². The number of fused-ring (bicyclic) bond motifs is 2. The molecule has 88 valence electrons. The van der Waals surface area contributed by atoms with Crippen molar-refractivity contribution in [2.45, 2.75) is 18.5 Å². The number of nitrogens with one attached hydrogen (secondary N) is 1. The van der Waals surface area contributed by atoms with Crippen molar-refractivity contribution in [3.8, 4) is 11.2 Å². The molecule has 0 aromatic carbocycles. The lowest BCUT2D eigenvalue weighted by Crippen LogP contribution is -2.68. The molecule has 0 radical (unpaired) electrons. The van der Waals surface area contributed by atoms with Crippen LogP contribution in [0.15, 0.2) is 18.3 Å². The molecule has 3 rings (SSSR count). The number of rotatable bonds is 1. The summed E-state index contributed by atoms with van der Waals surface area (Å²) in [5, 5.41) is 6.40. The van der Waals surface area contributed by atoms with Crippen molar-refractivity contribution in [2.24, 2.45) is 0 Å².